The fourth-order valence-electron chi connectivity index (χ4n) is 2.47. The fourth-order valence-corrected chi connectivity index (χ4v) is 3.55. The topological polar surface area (TPSA) is 58.4 Å². The highest BCUT2D eigenvalue weighted by Crippen LogP contribution is 2.27. The molecule has 116 valence electrons. The second kappa shape index (κ2) is 7.66. The molecular weight excluding hydrogens is 286 g/mol. The van der Waals surface area contributed by atoms with E-state index in [1.807, 2.05) is 30.8 Å². The molecule has 0 bridgehead atoms. The SMILES string of the molecule is CCCNc1ccc(CN2CCSCC2C)cc1[N+](=O)[O-]. The van der Waals surface area contributed by atoms with Crippen LogP contribution in [0, 0.1) is 10.1 Å². The van der Waals surface area contributed by atoms with E-state index in [0.717, 1.165) is 43.1 Å². The number of thioether (sulfide) groups is 1. The minimum Gasteiger partial charge on any atom is -0.380 e. The van der Waals surface area contributed by atoms with E-state index in [2.05, 4.69) is 17.1 Å². The molecule has 0 spiro atoms. The smallest absolute Gasteiger partial charge is 0.292 e. The van der Waals surface area contributed by atoms with Crippen molar-refractivity contribution in [3.63, 3.8) is 0 Å². The maximum absolute atomic E-state index is 11.2. The predicted octanol–water partition coefficient (Wildman–Crippen LogP) is 3.35. The molecule has 5 nitrogen and oxygen atoms in total. The number of hydrogen-bond donors (Lipinski definition) is 1. The van der Waals surface area contributed by atoms with Crippen molar-refractivity contribution in [2.45, 2.75) is 32.9 Å². The molecule has 1 saturated heterocycles. The minimum absolute atomic E-state index is 0.181. The first-order chi connectivity index (χ1) is 10.1. The molecule has 21 heavy (non-hydrogen) atoms. The van der Waals surface area contributed by atoms with Crippen molar-refractivity contribution in [1.29, 1.82) is 0 Å². The molecule has 1 aliphatic heterocycles. The van der Waals surface area contributed by atoms with Gasteiger partial charge in [0.05, 0.1) is 4.92 Å². The van der Waals surface area contributed by atoms with Gasteiger partial charge < -0.3 is 5.32 Å². The van der Waals surface area contributed by atoms with Gasteiger partial charge in [-0.15, -0.1) is 0 Å². The molecule has 0 saturated carbocycles. The minimum atomic E-state index is -0.295. The van der Waals surface area contributed by atoms with E-state index in [0.29, 0.717) is 11.7 Å². The van der Waals surface area contributed by atoms with Gasteiger partial charge in [0.15, 0.2) is 0 Å². The lowest BCUT2D eigenvalue weighted by Gasteiger charge is -2.32. The zero-order valence-corrected chi connectivity index (χ0v) is 13.5. The van der Waals surface area contributed by atoms with Crippen molar-refractivity contribution < 1.29 is 4.92 Å². The lowest BCUT2D eigenvalue weighted by molar-refractivity contribution is -0.384. The number of nitro groups is 1. The normalized spacial score (nSPS) is 19.4. The van der Waals surface area contributed by atoms with Crippen LogP contribution in [0.1, 0.15) is 25.8 Å². The van der Waals surface area contributed by atoms with Gasteiger partial charge in [-0.25, -0.2) is 0 Å². The molecule has 1 fully saturated rings. The third-order valence-electron chi connectivity index (χ3n) is 3.72. The average Bonchev–Trinajstić information content (AvgIpc) is 2.48. The quantitative estimate of drug-likeness (QED) is 0.645. The standard InChI is InChI=1S/C15H23N3O2S/c1-3-6-16-14-5-4-13(9-15(14)18(19)20)10-17-7-8-21-11-12(17)2/h4-5,9,12,16H,3,6-8,10-11H2,1-2H3. The maximum atomic E-state index is 11.2. The van der Waals surface area contributed by atoms with Gasteiger partial charge in [-0.3, -0.25) is 15.0 Å². The van der Waals surface area contributed by atoms with E-state index < -0.39 is 0 Å². The molecule has 2 rings (SSSR count). The van der Waals surface area contributed by atoms with E-state index in [-0.39, 0.29) is 10.6 Å². The summed E-state index contributed by atoms with van der Waals surface area (Å²) in [5.41, 5.74) is 1.82. The third kappa shape index (κ3) is 4.35. The number of anilines is 1. The molecule has 1 aromatic carbocycles. The summed E-state index contributed by atoms with van der Waals surface area (Å²) in [7, 11) is 0. The lowest BCUT2D eigenvalue weighted by Crippen LogP contribution is -2.39. The van der Waals surface area contributed by atoms with Crippen molar-refractivity contribution in [2.24, 2.45) is 0 Å². The number of nitrogens with zero attached hydrogens (tertiary/aromatic N) is 2. The second-order valence-corrected chi connectivity index (χ2v) is 6.58. The number of hydrogen-bond acceptors (Lipinski definition) is 5. The van der Waals surface area contributed by atoms with Gasteiger partial charge >= 0.3 is 0 Å². The fraction of sp³-hybridized carbons (Fsp3) is 0.600. The van der Waals surface area contributed by atoms with Crippen LogP contribution in [0.4, 0.5) is 11.4 Å². The molecule has 1 atom stereocenters. The molecule has 0 radical (unpaired) electrons. The zero-order valence-electron chi connectivity index (χ0n) is 12.7. The Labute approximate surface area is 130 Å². The second-order valence-electron chi connectivity index (χ2n) is 5.43. The van der Waals surface area contributed by atoms with Crippen LogP contribution in [0.5, 0.6) is 0 Å². The summed E-state index contributed by atoms with van der Waals surface area (Å²) in [5.74, 6) is 2.28. The maximum Gasteiger partial charge on any atom is 0.292 e. The van der Waals surface area contributed by atoms with Crippen molar-refractivity contribution in [3.05, 3.63) is 33.9 Å². The first-order valence-electron chi connectivity index (χ1n) is 7.44. The monoisotopic (exact) mass is 309 g/mol. The molecule has 0 aliphatic carbocycles. The van der Waals surface area contributed by atoms with Crippen molar-refractivity contribution in [2.75, 3.05) is 29.9 Å². The third-order valence-corrected chi connectivity index (χ3v) is 4.90. The Kier molecular flexibility index (Phi) is 5.87. The Morgan fingerprint density at radius 2 is 2.33 bits per heavy atom. The van der Waals surface area contributed by atoms with Crippen LogP contribution in [0.25, 0.3) is 0 Å². The number of rotatable bonds is 6. The summed E-state index contributed by atoms with van der Waals surface area (Å²) in [6.07, 6.45) is 0.946. The van der Waals surface area contributed by atoms with E-state index in [1.165, 1.54) is 0 Å². The average molecular weight is 309 g/mol. The van der Waals surface area contributed by atoms with Gasteiger partial charge in [0.25, 0.3) is 5.69 Å². The van der Waals surface area contributed by atoms with Crippen LogP contribution in [0.15, 0.2) is 18.2 Å². The highest BCUT2D eigenvalue weighted by Gasteiger charge is 2.20. The van der Waals surface area contributed by atoms with Crippen LogP contribution in [0.3, 0.4) is 0 Å². The molecule has 1 N–H and O–H groups in total. The van der Waals surface area contributed by atoms with Crippen molar-refractivity contribution >= 4 is 23.1 Å². The van der Waals surface area contributed by atoms with Gasteiger partial charge in [-0.1, -0.05) is 13.0 Å². The van der Waals surface area contributed by atoms with Crippen LogP contribution < -0.4 is 5.32 Å². The van der Waals surface area contributed by atoms with Crippen molar-refractivity contribution in [1.82, 2.24) is 4.90 Å². The lowest BCUT2D eigenvalue weighted by atomic mass is 10.1. The summed E-state index contributed by atoms with van der Waals surface area (Å²) in [6.45, 7) is 6.85. The first kappa shape index (κ1) is 16.1. The molecule has 1 aliphatic rings. The van der Waals surface area contributed by atoms with Crippen LogP contribution in [-0.4, -0.2) is 40.5 Å². The highest BCUT2D eigenvalue weighted by molar-refractivity contribution is 7.99. The van der Waals surface area contributed by atoms with Gasteiger partial charge in [0, 0.05) is 43.2 Å². The molecular formula is C15H23N3O2S. The van der Waals surface area contributed by atoms with Gasteiger partial charge in [0.2, 0.25) is 0 Å². The highest BCUT2D eigenvalue weighted by atomic mass is 32.2. The molecule has 1 aromatic rings. The summed E-state index contributed by atoms with van der Waals surface area (Å²) in [4.78, 5) is 13.3. The van der Waals surface area contributed by atoms with Gasteiger partial charge in [-0.2, -0.15) is 11.8 Å². The van der Waals surface area contributed by atoms with Crippen LogP contribution in [-0.2, 0) is 6.54 Å². The van der Waals surface area contributed by atoms with E-state index in [4.69, 9.17) is 0 Å². The number of nitrogens with one attached hydrogen (secondary N) is 1. The Balaban J connectivity index is 2.13. The Morgan fingerprint density at radius 1 is 1.52 bits per heavy atom. The predicted molar refractivity (Wildman–Crippen MR) is 89.1 cm³/mol. The summed E-state index contributed by atoms with van der Waals surface area (Å²) in [5, 5.41) is 14.4. The van der Waals surface area contributed by atoms with E-state index >= 15 is 0 Å². The molecule has 0 amide bonds. The number of nitro benzene ring substituents is 1. The largest absolute Gasteiger partial charge is 0.380 e. The first-order valence-corrected chi connectivity index (χ1v) is 8.60. The molecule has 6 heteroatoms. The summed E-state index contributed by atoms with van der Waals surface area (Å²) >= 11 is 1.98. The van der Waals surface area contributed by atoms with Gasteiger partial charge in [0.1, 0.15) is 5.69 Å². The molecule has 0 aromatic heterocycles. The van der Waals surface area contributed by atoms with Gasteiger partial charge in [-0.05, 0) is 25.0 Å². The Hall–Kier alpha value is -1.27. The van der Waals surface area contributed by atoms with E-state index in [9.17, 15) is 10.1 Å². The van der Waals surface area contributed by atoms with E-state index in [1.54, 1.807) is 6.07 Å². The van der Waals surface area contributed by atoms with Crippen LogP contribution >= 0.6 is 11.8 Å². The zero-order chi connectivity index (χ0) is 15.2. The van der Waals surface area contributed by atoms with Crippen molar-refractivity contribution in [3.8, 4) is 0 Å². The van der Waals surface area contributed by atoms with Crippen LogP contribution in [0.2, 0.25) is 0 Å². The Bertz CT molecular complexity index is 496. The summed E-state index contributed by atoms with van der Waals surface area (Å²) in [6, 6.07) is 6.08. The number of benzene rings is 1. The molecule has 1 heterocycles. The molecule has 1 unspecified atom stereocenters. The summed E-state index contributed by atoms with van der Waals surface area (Å²) < 4.78 is 0. The Morgan fingerprint density at radius 3 is 3.00 bits per heavy atom.